The van der Waals surface area contributed by atoms with Gasteiger partial charge >= 0.3 is 15.6 Å². The van der Waals surface area contributed by atoms with Crippen molar-refractivity contribution in [3.63, 3.8) is 0 Å². The van der Waals surface area contributed by atoms with Crippen LogP contribution < -0.4 is 0 Å². The van der Waals surface area contributed by atoms with Crippen LogP contribution in [0.1, 0.15) is 212 Å². The fraction of sp³-hybridized carbons (Fsp3) is 0.639. The van der Waals surface area contributed by atoms with Gasteiger partial charge in [-0.3, -0.25) is 9.05 Å². The van der Waals surface area contributed by atoms with Gasteiger partial charge in [-0.1, -0.05) is 128 Å². The molecular formula is C61H102O12P2. The Labute approximate surface area is 454 Å². The van der Waals surface area contributed by atoms with Crippen LogP contribution in [0.2, 0.25) is 0 Å². The summed E-state index contributed by atoms with van der Waals surface area (Å²) < 4.78 is 43.3. The zero-order chi connectivity index (χ0) is 56.4. The number of hydrogen-bond donors (Lipinski definition) is 6. The Morgan fingerprint density at radius 1 is 0.400 bits per heavy atom. The van der Waals surface area contributed by atoms with Crippen molar-refractivity contribution < 1.29 is 57.4 Å². The van der Waals surface area contributed by atoms with Gasteiger partial charge in [0.05, 0.1) is 13.2 Å². The first-order chi connectivity index (χ1) is 35.3. The van der Waals surface area contributed by atoms with Crippen LogP contribution in [0.4, 0.5) is 0 Å². The van der Waals surface area contributed by atoms with Crippen molar-refractivity contribution in [1.82, 2.24) is 0 Å². The molecule has 428 valence electrons. The van der Waals surface area contributed by atoms with Crippen molar-refractivity contribution in [2.45, 2.75) is 242 Å². The minimum absolute atomic E-state index is 0.399. The van der Waals surface area contributed by atoms with Crippen molar-refractivity contribution in [3.05, 3.63) is 128 Å². The molecule has 12 nitrogen and oxygen atoms in total. The molecule has 0 aromatic carbocycles. The van der Waals surface area contributed by atoms with Gasteiger partial charge in [-0.15, -0.1) is 0 Å². The van der Waals surface area contributed by atoms with Crippen LogP contribution in [0.3, 0.4) is 0 Å². The lowest BCUT2D eigenvalue weighted by Gasteiger charge is -2.39. The Morgan fingerprint density at radius 2 is 0.667 bits per heavy atom. The monoisotopic (exact) mass is 1090 g/mol. The third kappa shape index (κ3) is 36.1. The first-order valence-electron chi connectivity index (χ1n) is 27.5. The molecule has 1 heterocycles. The number of phosphoric ester groups is 2. The van der Waals surface area contributed by atoms with Crippen LogP contribution in [0.25, 0.3) is 0 Å². The summed E-state index contributed by atoms with van der Waals surface area (Å²) in [5.41, 5.74) is 15.3. The van der Waals surface area contributed by atoms with Crippen LogP contribution in [-0.4, -0.2) is 74.1 Å². The van der Waals surface area contributed by atoms with E-state index in [1.165, 1.54) is 62.2 Å². The number of hydrogen-bond acceptors (Lipinski definition) is 10. The van der Waals surface area contributed by atoms with Gasteiger partial charge in [0.1, 0.15) is 24.4 Å². The van der Waals surface area contributed by atoms with Crippen molar-refractivity contribution in [3.8, 4) is 0 Å². The second-order valence-electron chi connectivity index (χ2n) is 21.3. The molecule has 1 aliphatic rings. The summed E-state index contributed by atoms with van der Waals surface area (Å²) in [4.78, 5) is 19.9. The van der Waals surface area contributed by atoms with Crippen molar-refractivity contribution in [2.75, 3.05) is 13.2 Å². The third-order valence-electron chi connectivity index (χ3n) is 13.3. The number of phosphoric acid groups is 2. The minimum atomic E-state index is -5.38. The average molecular weight is 1090 g/mol. The van der Waals surface area contributed by atoms with E-state index >= 15 is 0 Å². The lowest BCUT2D eigenvalue weighted by Crippen LogP contribution is -2.58. The third-order valence-corrected chi connectivity index (χ3v) is 15.9. The van der Waals surface area contributed by atoms with E-state index < -0.39 is 59.6 Å². The molecule has 0 amide bonds. The largest absolute Gasteiger partial charge is 0.483 e. The Balaban J connectivity index is 2.29. The molecule has 6 N–H and O–H groups in total. The van der Waals surface area contributed by atoms with Gasteiger partial charge in [0.15, 0.2) is 6.29 Å². The summed E-state index contributed by atoms with van der Waals surface area (Å²) in [5.74, 6) is 0. The highest BCUT2D eigenvalue weighted by molar-refractivity contribution is 7.61. The highest BCUT2D eigenvalue weighted by atomic mass is 31.3. The van der Waals surface area contributed by atoms with Gasteiger partial charge in [-0.05, 0) is 212 Å². The molecule has 75 heavy (non-hydrogen) atoms. The van der Waals surface area contributed by atoms with E-state index in [2.05, 4.69) is 146 Å². The molecule has 0 bridgehead atoms. The predicted molar refractivity (Wildman–Crippen MR) is 311 cm³/mol. The molecule has 0 radical (unpaired) electrons. The topological polar surface area (TPSA) is 192 Å². The molecule has 14 heteroatoms. The molecule has 0 saturated carbocycles. The van der Waals surface area contributed by atoms with E-state index in [9.17, 15) is 39.3 Å². The lowest BCUT2D eigenvalue weighted by molar-refractivity contribution is -0.280. The fourth-order valence-corrected chi connectivity index (χ4v) is 10.3. The van der Waals surface area contributed by atoms with Crippen LogP contribution in [0.5, 0.6) is 0 Å². The van der Waals surface area contributed by atoms with Gasteiger partial charge in [-0.2, -0.15) is 4.31 Å². The Kier molecular flexibility index (Phi) is 37.0. The number of allylic oxidation sites excluding steroid dienone is 21. The Bertz CT molecular complexity index is 2130. The molecule has 0 aromatic rings. The van der Waals surface area contributed by atoms with Gasteiger partial charge in [-0.25, -0.2) is 9.13 Å². The zero-order valence-corrected chi connectivity index (χ0v) is 50.1. The molecule has 7 atom stereocenters. The highest BCUT2D eigenvalue weighted by Crippen LogP contribution is 2.61. The van der Waals surface area contributed by atoms with Gasteiger partial charge in [0.25, 0.3) is 0 Å². The fourth-order valence-electron chi connectivity index (χ4n) is 8.26. The number of aliphatic hydroxyl groups is 4. The predicted octanol–water partition coefficient (Wildman–Crippen LogP) is 16.3. The Morgan fingerprint density at radius 3 is 0.933 bits per heavy atom. The summed E-state index contributed by atoms with van der Waals surface area (Å²) in [5, 5.41) is 39.0. The molecular weight excluding hydrogens is 987 g/mol. The second-order valence-corrected chi connectivity index (χ2v) is 24.3. The molecule has 1 saturated heterocycles. The summed E-state index contributed by atoms with van der Waals surface area (Å²) >= 11 is 0. The molecule has 0 aromatic heterocycles. The van der Waals surface area contributed by atoms with Gasteiger partial charge in [0.2, 0.25) is 0 Å². The maximum Gasteiger partial charge on any atom is 0.483 e. The van der Waals surface area contributed by atoms with E-state index in [0.717, 1.165) is 121 Å². The summed E-state index contributed by atoms with van der Waals surface area (Å²) in [6.45, 7) is 25.1. The van der Waals surface area contributed by atoms with Crippen LogP contribution in [0.15, 0.2) is 128 Å². The zero-order valence-electron chi connectivity index (χ0n) is 48.3. The molecule has 1 rings (SSSR count). The SMILES string of the molecule is CC(C)=CCC/C(C)=C/CC/C(C)=C/CC/C(C)=C/CC/C(C)=C/CC/C(C)=C/CC/C(C)=C/CC/C(C)=C/CC/C(C)=C/CC/C(C)=C/CC/C(C)=C/COP(=O)(O)OP(=O)(O)O[C@H]1O[C@H](CO)[C@H](O)[C@H](O)[C@H]1O. The van der Waals surface area contributed by atoms with Gasteiger partial charge in [0, 0.05) is 0 Å². The lowest BCUT2D eigenvalue weighted by atomic mass is 10.00. The smallest absolute Gasteiger partial charge is 0.394 e. The van der Waals surface area contributed by atoms with Crippen LogP contribution in [-0.2, 0) is 27.2 Å². The first-order valence-corrected chi connectivity index (χ1v) is 30.5. The summed E-state index contributed by atoms with van der Waals surface area (Å²) in [7, 11) is -10.5. The molecule has 1 aliphatic heterocycles. The quantitative estimate of drug-likeness (QED) is 0.0254. The normalized spacial score (nSPS) is 22.1. The maximum absolute atomic E-state index is 12.4. The van der Waals surface area contributed by atoms with E-state index in [4.69, 9.17) is 9.26 Å². The number of rotatable bonds is 38. The second kappa shape index (κ2) is 39.5. The number of aliphatic hydroxyl groups excluding tert-OH is 4. The average Bonchev–Trinajstić information content (AvgIpc) is 3.31. The maximum atomic E-state index is 12.4. The number of ether oxygens (including phenoxy) is 1. The summed E-state index contributed by atoms with van der Waals surface area (Å²) in [6, 6.07) is 0. The van der Waals surface area contributed by atoms with E-state index in [0.29, 0.717) is 6.42 Å². The van der Waals surface area contributed by atoms with Crippen LogP contribution >= 0.6 is 15.6 Å². The molecule has 2 unspecified atom stereocenters. The van der Waals surface area contributed by atoms with E-state index in [1.807, 2.05) is 6.92 Å². The summed E-state index contributed by atoms with van der Waals surface area (Å²) in [6.07, 6.45) is 37.4. The van der Waals surface area contributed by atoms with Crippen molar-refractivity contribution in [2.24, 2.45) is 0 Å². The first kappa shape index (κ1) is 70.2. The Hall–Kier alpha value is -2.80. The highest BCUT2D eigenvalue weighted by Gasteiger charge is 2.48. The van der Waals surface area contributed by atoms with Crippen molar-refractivity contribution in [1.29, 1.82) is 0 Å². The molecule has 1 fully saturated rings. The van der Waals surface area contributed by atoms with Crippen LogP contribution in [0, 0.1) is 0 Å². The minimum Gasteiger partial charge on any atom is -0.394 e. The van der Waals surface area contributed by atoms with E-state index in [-0.39, 0.29) is 0 Å². The van der Waals surface area contributed by atoms with Gasteiger partial charge < -0.3 is 34.9 Å². The van der Waals surface area contributed by atoms with Crippen molar-refractivity contribution >= 4 is 15.6 Å². The molecule has 0 aliphatic carbocycles. The standard InChI is InChI=1S/C61H102O12P2/c1-46(2)23-13-24-47(3)25-14-26-48(4)27-15-28-49(5)29-16-30-50(6)31-17-32-51(7)33-18-34-52(8)35-19-36-53(9)37-20-38-54(10)39-21-40-55(11)41-22-42-56(12)43-44-70-74(66,67)73-75(68,69)72-61-60(65)59(64)58(63)57(45-62)71-61/h23,25,27,29,31,33,35,37,39,41,43,57-65H,13-22,24,26,28,30,32,34,36,38,40,42,44-45H2,1-12H3,(H,66,67)(H,68,69)/b47-25+,48-27+,49-29+,50-31+,51-33+,52-35+,53-37+,54-39+,55-41+,56-43+/t57-,58+,59+,60-,61-/m1/s1. The molecule has 0 spiro atoms. The van der Waals surface area contributed by atoms with E-state index in [1.54, 1.807) is 6.08 Å².